The summed E-state index contributed by atoms with van der Waals surface area (Å²) in [6, 6.07) is 9.09. The van der Waals surface area contributed by atoms with E-state index in [4.69, 9.17) is 9.72 Å². The normalized spacial score (nSPS) is 14.0. The molecule has 0 radical (unpaired) electrons. The molecule has 3 aromatic rings. The van der Waals surface area contributed by atoms with Gasteiger partial charge in [-0.1, -0.05) is 12.1 Å². The van der Waals surface area contributed by atoms with E-state index in [1.165, 1.54) is 6.21 Å². The molecule has 1 aliphatic rings. The summed E-state index contributed by atoms with van der Waals surface area (Å²) in [6.07, 6.45) is 3.51. The molecule has 3 N–H and O–H groups in total. The van der Waals surface area contributed by atoms with Crippen LogP contribution in [-0.4, -0.2) is 103 Å². The Labute approximate surface area is 227 Å². The van der Waals surface area contributed by atoms with Crippen LogP contribution in [0.1, 0.15) is 18.4 Å². The highest BCUT2D eigenvalue weighted by Gasteiger charge is 2.20. The summed E-state index contributed by atoms with van der Waals surface area (Å²) in [6.45, 7) is 4.74. The van der Waals surface area contributed by atoms with Gasteiger partial charge in [0, 0.05) is 51.8 Å². The second-order valence-corrected chi connectivity index (χ2v) is 9.58. The van der Waals surface area contributed by atoms with Crippen molar-refractivity contribution in [3.63, 3.8) is 0 Å². The van der Waals surface area contributed by atoms with Gasteiger partial charge in [-0.15, -0.1) is 5.10 Å². The molecule has 0 aliphatic carbocycles. The predicted molar refractivity (Wildman–Crippen MR) is 149 cm³/mol. The van der Waals surface area contributed by atoms with Crippen LogP contribution in [0.3, 0.4) is 0 Å². The van der Waals surface area contributed by atoms with Crippen molar-refractivity contribution in [1.82, 2.24) is 30.1 Å². The van der Waals surface area contributed by atoms with Crippen LogP contribution in [0.5, 0.6) is 5.75 Å². The maximum Gasteiger partial charge on any atom is 0.220 e. The van der Waals surface area contributed by atoms with E-state index in [0.29, 0.717) is 50.9 Å². The number of fused-ring (bicyclic) bond motifs is 1. The fourth-order valence-electron chi connectivity index (χ4n) is 4.14. The fraction of sp³-hybridized carbons (Fsp3) is 0.444. The Balaban J connectivity index is 1.33. The molecule has 39 heavy (non-hydrogen) atoms. The summed E-state index contributed by atoms with van der Waals surface area (Å²) >= 11 is 0. The SMILES string of the molecule is CN(C)CN=CC(=O)CCC(=O)NCCNCc1cc2c(N3CCOCC3)nc(-c3ccccc3O)nn2c1. The second-order valence-electron chi connectivity index (χ2n) is 9.58. The lowest BCUT2D eigenvalue weighted by Gasteiger charge is -2.28. The van der Waals surface area contributed by atoms with Gasteiger partial charge in [-0.05, 0) is 37.9 Å². The Morgan fingerprint density at radius 2 is 1.97 bits per heavy atom. The highest BCUT2D eigenvalue weighted by Crippen LogP contribution is 2.30. The number of ether oxygens (including phenoxy) is 1. The van der Waals surface area contributed by atoms with Gasteiger partial charge in [0.1, 0.15) is 11.3 Å². The Bertz CT molecular complexity index is 1300. The standard InChI is InChI=1S/C27H36N8O4/c1-33(2)19-29-17-21(36)7-8-25(38)30-10-9-28-16-20-15-23-27(34-11-13-39-14-12-34)31-26(32-35(23)18-20)22-5-3-4-6-24(22)37/h3-6,15,17-18,28,37H,7-14,16,19H2,1-2H3,(H,30,38). The Morgan fingerprint density at radius 1 is 1.18 bits per heavy atom. The number of ketones is 1. The summed E-state index contributed by atoms with van der Waals surface area (Å²) in [5.41, 5.74) is 2.46. The molecular weight excluding hydrogens is 500 g/mol. The maximum absolute atomic E-state index is 12.0. The third kappa shape index (κ3) is 8.06. The zero-order valence-electron chi connectivity index (χ0n) is 22.5. The van der Waals surface area contributed by atoms with Crippen LogP contribution in [0.25, 0.3) is 16.9 Å². The minimum atomic E-state index is -0.164. The lowest BCUT2D eigenvalue weighted by atomic mass is 10.2. The number of rotatable bonds is 13. The van der Waals surface area contributed by atoms with E-state index >= 15 is 0 Å². The largest absolute Gasteiger partial charge is 0.507 e. The average Bonchev–Trinajstić information content (AvgIpc) is 3.34. The molecule has 208 valence electrons. The zero-order chi connectivity index (χ0) is 27.6. The number of Topliss-reactive ketones (excluding diaryl/α,β-unsaturated/α-hetero) is 1. The van der Waals surface area contributed by atoms with E-state index in [1.54, 1.807) is 22.7 Å². The van der Waals surface area contributed by atoms with E-state index in [2.05, 4.69) is 31.7 Å². The molecule has 0 bridgehead atoms. The quantitative estimate of drug-likeness (QED) is 0.217. The minimum Gasteiger partial charge on any atom is -0.507 e. The number of hydrogen-bond acceptors (Lipinski definition) is 10. The Morgan fingerprint density at radius 3 is 2.74 bits per heavy atom. The predicted octanol–water partition coefficient (Wildman–Crippen LogP) is 1.08. The maximum atomic E-state index is 12.0. The van der Waals surface area contributed by atoms with Crippen LogP contribution in [-0.2, 0) is 20.9 Å². The van der Waals surface area contributed by atoms with Gasteiger partial charge in [-0.25, -0.2) is 9.50 Å². The summed E-state index contributed by atoms with van der Waals surface area (Å²) in [4.78, 5) is 36.7. The van der Waals surface area contributed by atoms with E-state index < -0.39 is 0 Å². The Hall–Kier alpha value is -3.87. The zero-order valence-corrected chi connectivity index (χ0v) is 22.5. The molecule has 2 aromatic heterocycles. The number of aliphatic imine (C=N–C) groups is 1. The Kier molecular flexibility index (Phi) is 9.95. The van der Waals surface area contributed by atoms with Gasteiger partial charge in [0.2, 0.25) is 5.91 Å². The third-order valence-electron chi connectivity index (χ3n) is 6.11. The van der Waals surface area contributed by atoms with Crippen molar-refractivity contribution < 1.29 is 19.4 Å². The molecule has 1 fully saturated rings. The number of anilines is 1. The van der Waals surface area contributed by atoms with Crippen LogP contribution in [0, 0.1) is 0 Å². The molecule has 0 unspecified atom stereocenters. The van der Waals surface area contributed by atoms with Gasteiger partial charge in [0.25, 0.3) is 0 Å². The summed E-state index contributed by atoms with van der Waals surface area (Å²) in [7, 11) is 3.74. The van der Waals surface area contributed by atoms with Gasteiger partial charge in [-0.2, -0.15) is 0 Å². The van der Waals surface area contributed by atoms with Crippen LogP contribution < -0.4 is 15.5 Å². The molecule has 12 heteroatoms. The molecule has 1 saturated heterocycles. The highest BCUT2D eigenvalue weighted by molar-refractivity contribution is 6.27. The molecule has 1 aromatic carbocycles. The molecular formula is C27H36N8O4. The number of phenolic OH excluding ortho intramolecular Hbond substituents is 1. The number of morpholine rings is 1. The monoisotopic (exact) mass is 536 g/mol. The number of carbonyl (C=O) groups is 2. The van der Waals surface area contributed by atoms with Crippen LogP contribution in [0.2, 0.25) is 0 Å². The van der Waals surface area contributed by atoms with Crippen LogP contribution in [0.4, 0.5) is 5.82 Å². The smallest absolute Gasteiger partial charge is 0.220 e. The van der Waals surface area contributed by atoms with Gasteiger partial charge in [0.05, 0.1) is 31.7 Å². The average molecular weight is 537 g/mol. The van der Waals surface area contributed by atoms with E-state index in [0.717, 1.165) is 30.0 Å². The molecule has 4 rings (SSSR count). The first-order valence-electron chi connectivity index (χ1n) is 13.1. The van der Waals surface area contributed by atoms with Crippen LogP contribution >= 0.6 is 0 Å². The lowest BCUT2D eigenvalue weighted by Crippen LogP contribution is -2.37. The number of benzene rings is 1. The number of carbonyl (C=O) groups excluding carboxylic acids is 2. The van der Waals surface area contributed by atoms with Crippen molar-refractivity contribution in [2.24, 2.45) is 4.99 Å². The van der Waals surface area contributed by atoms with E-state index in [1.807, 2.05) is 31.3 Å². The topological polar surface area (TPSA) is 137 Å². The van der Waals surface area contributed by atoms with Gasteiger partial charge in [0.15, 0.2) is 17.4 Å². The van der Waals surface area contributed by atoms with Gasteiger partial charge in [-0.3, -0.25) is 19.5 Å². The number of hydrogen-bond donors (Lipinski definition) is 3. The van der Waals surface area contributed by atoms with Crippen molar-refractivity contribution in [1.29, 1.82) is 0 Å². The number of nitrogens with zero attached hydrogens (tertiary/aromatic N) is 6. The van der Waals surface area contributed by atoms with E-state index in [-0.39, 0.29) is 30.3 Å². The molecule has 3 heterocycles. The minimum absolute atomic E-state index is 0.127. The van der Waals surface area contributed by atoms with Crippen LogP contribution in [0.15, 0.2) is 41.5 Å². The van der Waals surface area contributed by atoms with Crippen molar-refractivity contribution in [2.45, 2.75) is 19.4 Å². The number of nitrogens with one attached hydrogen (secondary N) is 2. The summed E-state index contributed by atoms with van der Waals surface area (Å²) in [5.74, 6) is 1.05. The summed E-state index contributed by atoms with van der Waals surface area (Å²) in [5, 5.41) is 21.2. The van der Waals surface area contributed by atoms with Gasteiger partial charge >= 0.3 is 0 Å². The first-order valence-corrected chi connectivity index (χ1v) is 13.1. The van der Waals surface area contributed by atoms with E-state index in [9.17, 15) is 14.7 Å². The highest BCUT2D eigenvalue weighted by atomic mass is 16.5. The lowest BCUT2D eigenvalue weighted by molar-refractivity contribution is -0.123. The fourth-order valence-corrected chi connectivity index (χ4v) is 4.14. The summed E-state index contributed by atoms with van der Waals surface area (Å²) < 4.78 is 7.32. The first-order chi connectivity index (χ1) is 18.9. The number of para-hydroxylation sites is 1. The van der Waals surface area contributed by atoms with Gasteiger partial charge < -0.3 is 25.4 Å². The molecule has 12 nitrogen and oxygen atoms in total. The number of aromatic nitrogens is 3. The van der Waals surface area contributed by atoms with Crippen molar-refractivity contribution >= 4 is 29.2 Å². The van der Waals surface area contributed by atoms with Crippen molar-refractivity contribution in [3.8, 4) is 17.1 Å². The van der Waals surface area contributed by atoms with Crippen molar-refractivity contribution in [3.05, 3.63) is 42.1 Å². The number of amides is 1. The molecule has 0 spiro atoms. The number of phenols is 1. The number of aromatic hydroxyl groups is 1. The molecule has 1 aliphatic heterocycles. The molecule has 0 saturated carbocycles. The molecule has 1 amide bonds. The third-order valence-corrected chi connectivity index (χ3v) is 6.11. The second kappa shape index (κ2) is 13.8. The molecule has 0 atom stereocenters. The first kappa shape index (κ1) is 28.1. The van der Waals surface area contributed by atoms with Crippen molar-refractivity contribution in [2.75, 3.05) is 65.1 Å².